The first-order valence-corrected chi connectivity index (χ1v) is 18.7. The molecule has 10 rings (SSSR count). The average molecular weight is 667 g/mol. The minimum absolute atomic E-state index is 0.391. The Morgan fingerprint density at radius 1 is 0.500 bits per heavy atom. The monoisotopic (exact) mass is 666 g/mol. The van der Waals surface area contributed by atoms with Crippen molar-refractivity contribution in [3.63, 3.8) is 0 Å². The van der Waals surface area contributed by atoms with Crippen molar-refractivity contribution in [3.05, 3.63) is 174 Å². The summed E-state index contributed by atoms with van der Waals surface area (Å²) in [5, 5.41) is 5.37. The molecule has 3 nitrogen and oxygen atoms in total. The molecule has 3 aliphatic rings. The van der Waals surface area contributed by atoms with Crippen LogP contribution < -0.4 is 10.4 Å². The number of hydrogen-bond donors (Lipinski definition) is 0. The van der Waals surface area contributed by atoms with E-state index in [0.29, 0.717) is 9.80 Å². The molecule has 0 bridgehead atoms. The molecule has 50 heavy (non-hydrogen) atoms. The maximum absolute atomic E-state index is 14.5. The Labute approximate surface area is 291 Å². The van der Waals surface area contributed by atoms with Crippen LogP contribution in [0.1, 0.15) is 61.4 Å². The van der Waals surface area contributed by atoms with Crippen molar-refractivity contribution in [3.8, 4) is 11.1 Å². The summed E-state index contributed by atoms with van der Waals surface area (Å²) >= 11 is 0. The summed E-state index contributed by atoms with van der Waals surface area (Å²) in [6.07, 6.45) is 0. The van der Waals surface area contributed by atoms with Gasteiger partial charge in [-0.25, -0.2) is 8.42 Å². The molecule has 0 saturated carbocycles. The van der Waals surface area contributed by atoms with Crippen LogP contribution in [0.2, 0.25) is 0 Å². The lowest BCUT2D eigenvalue weighted by atomic mass is 9.91. The van der Waals surface area contributed by atoms with Crippen LogP contribution in [0.5, 0.6) is 0 Å². The van der Waals surface area contributed by atoms with Gasteiger partial charge < -0.3 is 4.42 Å². The first-order valence-electron chi connectivity index (χ1n) is 17.2. The van der Waals surface area contributed by atoms with Crippen molar-refractivity contribution in [1.82, 2.24) is 0 Å². The SMILES string of the molecule is Cc1cc(C)c(C2=c3cc4cc5c(cc4cc3C3=C2S(=O)(=O)c2ccccc23)=C(c2c(C)cc(C)cc2C)c2oc3ccccc3c2-5)c(C)c1. The van der Waals surface area contributed by atoms with Crippen LogP contribution >= 0.6 is 0 Å². The Morgan fingerprint density at radius 3 is 1.70 bits per heavy atom. The smallest absolute Gasteiger partial charge is 0.208 e. The highest BCUT2D eigenvalue weighted by Crippen LogP contribution is 2.51. The Balaban J connectivity index is 1.37. The summed E-state index contributed by atoms with van der Waals surface area (Å²) in [6, 6.07) is 33.7. The highest BCUT2D eigenvalue weighted by Gasteiger charge is 2.43. The van der Waals surface area contributed by atoms with E-state index in [2.05, 4.69) is 102 Å². The highest BCUT2D eigenvalue weighted by molar-refractivity contribution is 7.96. The molecule has 0 spiro atoms. The lowest BCUT2D eigenvalue weighted by molar-refractivity contribution is 0.602. The molecular weight excluding hydrogens is 633 g/mol. The quantitative estimate of drug-likeness (QED) is 0.185. The molecular formula is C46H34O3S. The van der Waals surface area contributed by atoms with Gasteiger partial charge in [-0.05, 0) is 144 Å². The molecule has 7 aromatic rings. The number of rotatable bonds is 2. The molecule has 6 aromatic carbocycles. The van der Waals surface area contributed by atoms with Crippen molar-refractivity contribution in [2.45, 2.75) is 46.4 Å². The van der Waals surface area contributed by atoms with Crippen molar-refractivity contribution in [2.75, 3.05) is 0 Å². The first kappa shape index (κ1) is 29.5. The zero-order valence-corrected chi connectivity index (χ0v) is 29.7. The van der Waals surface area contributed by atoms with Gasteiger partial charge in [0.2, 0.25) is 9.84 Å². The molecule has 2 heterocycles. The van der Waals surface area contributed by atoms with E-state index in [4.69, 9.17) is 4.42 Å². The zero-order valence-electron chi connectivity index (χ0n) is 28.9. The van der Waals surface area contributed by atoms with E-state index in [1.165, 1.54) is 22.3 Å². The van der Waals surface area contributed by atoms with Crippen LogP contribution in [0.4, 0.5) is 0 Å². The fourth-order valence-electron chi connectivity index (χ4n) is 9.36. The van der Waals surface area contributed by atoms with E-state index in [0.717, 1.165) is 99.2 Å². The van der Waals surface area contributed by atoms with Gasteiger partial charge in [0.25, 0.3) is 0 Å². The minimum atomic E-state index is -3.75. The molecule has 0 fully saturated rings. The molecule has 0 radical (unpaired) electrons. The molecule has 4 heteroatoms. The summed E-state index contributed by atoms with van der Waals surface area (Å²) in [6.45, 7) is 12.8. The minimum Gasteiger partial charge on any atom is -0.455 e. The predicted octanol–water partition coefficient (Wildman–Crippen LogP) is 9.42. The van der Waals surface area contributed by atoms with Gasteiger partial charge in [-0.2, -0.15) is 0 Å². The van der Waals surface area contributed by atoms with Crippen molar-refractivity contribution < 1.29 is 12.8 Å². The van der Waals surface area contributed by atoms with E-state index in [1.54, 1.807) is 6.07 Å². The Bertz CT molecular complexity index is 2990. The summed E-state index contributed by atoms with van der Waals surface area (Å²) in [5.41, 5.74) is 16.9. The van der Waals surface area contributed by atoms with Gasteiger partial charge in [0, 0.05) is 33.2 Å². The zero-order chi connectivity index (χ0) is 34.4. The number of fused-ring (bicyclic) bond motifs is 10. The molecule has 0 atom stereocenters. The lowest BCUT2D eigenvalue weighted by Gasteiger charge is -2.16. The van der Waals surface area contributed by atoms with Crippen LogP contribution in [0.15, 0.2) is 111 Å². The molecule has 242 valence electrons. The van der Waals surface area contributed by atoms with Crippen LogP contribution in [0, 0.1) is 41.5 Å². The van der Waals surface area contributed by atoms with Gasteiger partial charge >= 0.3 is 0 Å². The van der Waals surface area contributed by atoms with Crippen molar-refractivity contribution >= 4 is 48.3 Å². The topological polar surface area (TPSA) is 47.3 Å². The van der Waals surface area contributed by atoms with Gasteiger partial charge in [0.15, 0.2) is 0 Å². The average Bonchev–Trinajstić information content (AvgIpc) is 3.75. The van der Waals surface area contributed by atoms with Crippen molar-refractivity contribution in [2.24, 2.45) is 0 Å². The van der Waals surface area contributed by atoms with Gasteiger partial charge in [-0.1, -0.05) is 71.8 Å². The maximum Gasteiger partial charge on any atom is 0.208 e. The largest absolute Gasteiger partial charge is 0.455 e. The first-order chi connectivity index (χ1) is 24.0. The van der Waals surface area contributed by atoms with Crippen molar-refractivity contribution in [1.29, 1.82) is 0 Å². The Morgan fingerprint density at radius 2 is 1.04 bits per heavy atom. The number of para-hydroxylation sites is 1. The van der Waals surface area contributed by atoms with E-state index < -0.39 is 9.84 Å². The molecule has 2 aliphatic carbocycles. The number of hydrogen-bond acceptors (Lipinski definition) is 3. The van der Waals surface area contributed by atoms with Gasteiger partial charge in [0.1, 0.15) is 11.3 Å². The summed E-state index contributed by atoms with van der Waals surface area (Å²) in [7, 11) is -3.75. The highest BCUT2D eigenvalue weighted by atomic mass is 32.2. The summed E-state index contributed by atoms with van der Waals surface area (Å²) in [4.78, 5) is 0.829. The number of sulfone groups is 1. The molecule has 1 aliphatic heterocycles. The summed E-state index contributed by atoms with van der Waals surface area (Å²) < 4.78 is 35.7. The normalized spacial score (nSPS) is 15.2. The third-order valence-electron chi connectivity index (χ3n) is 11.0. The third-order valence-corrected chi connectivity index (χ3v) is 12.9. The van der Waals surface area contributed by atoms with Gasteiger partial charge in [-0.15, -0.1) is 0 Å². The Kier molecular flexibility index (Phi) is 5.79. The molecule has 0 saturated heterocycles. The number of allylic oxidation sites excluding steroid dienone is 1. The second kappa shape index (κ2) is 9.83. The second-order valence-corrected chi connectivity index (χ2v) is 16.3. The molecule has 0 unspecified atom stereocenters. The second-order valence-electron chi connectivity index (χ2n) is 14.4. The van der Waals surface area contributed by atoms with Gasteiger partial charge in [0.05, 0.1) is 9.80 Å². The van der Waals surface area contributed by atoms with Crippen LogP contribution in [-0.4, -0.2) is 8.42 Å². The fraction of sp³-hybridized carbons (Fsp3) is 0.130. The Hall–Kier alpha value is -5.45. The maximum atomic E-state index is 14.5. The molecule has 0 amide bonds. The van der Waals surface area contributed by atoms with Crippen LogP contribution in [-0.2, 0) is 9.84 Å². The van der Waals surface area contributed by atoms with E-state index in [1.807, 2.05) is 30.3 Å². The number of aryl methyl sites for hydroxylation is 6. The lowest BCUT2D eigenvalue weighted by Crippen LogP contribution is -2.15. The number of furan rings is 1. The standard InChI is InChI=1S/C46H34O3S/c1-23-15-25(3)39(26(4)16-23)43-35-21-30-20-34-36(22-29(30)19-33(35)41-31-11-7-9-13-37(31)49-45(41)43)44(40-27(5)17-24(2)18-28(40)6)46-42(34)32-12-8-10-14-38(32)50(46,47)48/h7-22H,1-6H3. The predicted molar refractivity (Wildman–Crippen MR) is 203 cm³/mol. The van der Waals surface area contributed by atoms with E-state index in [-0.39, 0.29) is 0 Å². The fourth-order valence-corrected chi connectivity index (χ4v) is 11.3. The molecule has 1 aromatic heterocycles. The van der Waals surface area contributed by atoms with E-state index in [9.17, 15) is 8.42 Å². The van der Waals surface area contributed by atoms with Crippen LogP contribution in [0.3, 0.4) is 0 Å². The van der Waals surface area contributed by atoms with Crippen LogP contribution in [0.25, 0.3) is 49.6 Å². The third kappa shape index (κ3) is 3.72. The van der Waals surface area contributed by atoms with E-state index >= 15 is 0 Å². The number of benzene rings is 6. The molecule has 0 N–H and O–H groups in total. The summed E-state index contributed by atoms with van der Waals surface area (Å²) in [5.74, 6) is 0.915. The van der Waals surface area contributed by atoms with Gasteiger partial charge in [-0.3, -0.25) is 0 Å².